The van der Waals surface area contributed by atoms with E-state index in [0.717, 1.165) is 12.8 Å². The average molecular weight is 224 g/mol. The van der Waals surface area contributed by atoms with Gasteiger partial charge >= 0.3 is 5.97 Å². The summed E-state index contributed by atoms with van der Waals surface area (Å²) in [5.41, 5.74) is 1.37. The number of hydrogen-bond donors (Lipinski definition) is 0. The molecule has 92 valence electrons. The molecule has 0 heterocycles. The number of allylic oxidation sites excluding steroid dienone is 3. The molecule has 0 bridgehead atoms. The molecule has 0 aliphatic rings. The zero-order valence-corrected chi connectivity index (χ0v) is 11.0. The SMILES string of the molecule is CCOC(=O)/C=C/C[C@@H](C)CCC=C(C)C. The Balaban J connectivity index is 3.68. The third-order valence-electron chi connectivity index (χ3n) is 2.29. The molecule has 0 aliphatic heterocycles. The highest BCUT2D eigenvalue weighted by Gasteiger charge is 1.99. The fourth-order valence-corrected chi connectivity index (χ4v) is 1.36. The number of carbonyl (C=O) groups is 1. The van der Waals surface area contributed by atoms with Gasteiger partial charge in [0, 0.05) is 6.08 Å². The minimum absolute atomic E-state index is 0.237. The van der Waals surface area contributed by atoms with Crippen LogP contribution >= 0.6 is 0 Å². The van der Waals surface area contributed by atoms with Gasteiger partial charge in [0.15, 0.2) is 0 Å². The third-order valence-corrected chi connectivity index (χ3v) is 2.29. The Bertz CT molecular complexity index is 247. The highest BCUT2D eigenvalue weighted by molar-refractivity contribution is 5.81. The van der Waals surface area contributed by atoms with Crippen molar-refractivity contribution in [1.29, 1.82) is 0 Å². The van der Waals surface area contributed by atoms with Crippen LogP contribution in [-0.2, 0) is 9.53 Å². The summed E-state index contributed by atoms with van der Waals surface area (Å²) in [5, 5.41) is 0. The first-order valence-corrected chi connectivity index (χ1v) is 6.03. The normalized spacial score (nSPS) is 12.5. The predicted molar refractivity (Wildman–Crippen MR) is 68.2 cm³/mol. The van der Waals surface area contributed by atoms with Crippen molar-refractivity contribution >= 4 is 5.97 Å². The molecule has 0 unspecified atom stereocenters. The van der Waals surface area contributed by atoms with Crippen LogP contribution in [0, 0.1) is 5.92 Å². The average Bonchev–Trinajstić information content (AvgIpc) is 2.17. The molecule has 0 rings (SSSR count). The second kappa shape index (κ2) is 9.20. The molecule has 0 aromatic rings. The van der Waals surface area contributed by atoms with E-state index >= 15 is 0 Å². The Kier molecular flexibility index (Phi) is 8.59. The lowest BCUT2D eigenvalue weighted by Crippen LogP contribution is -1.99. The summed E-state index contributed by atoms with van der Waals surface area (Å²) < 4.78 is 4.80. The Hall–Kier alpha value is -1.05. The molecular formula is C14H24O2. The van der Waals surface area contributed by atoms with E-state index in [1.165, 1.54) is 18.1 Å². The zero-order chi connectivity index (χ0) is 12.4. The highest BCUT2D eigenvalue weighted by atomic mass is 16.5. The van der Waals surface area contributed by atoms with E-state index < -0.39 is 0 Å². The Labute approximate surface area is 99.4 Å². The van der Waals surface area contributed by atoms with Crippen molar-refractivity contribution in [2.75, 3.05) is 6.61 Å². The van der Waals surface area contributed by atoms with E-state index in [9.17, 15) is 4.79 Å². The van der Waals surface area contributed by atoms with Gasteiger partial charge in [0.2, 0.25) is 0 Å². The quantitative estimate of drug-likeness (QED) is 0.373. The Morgan fingerprint density at radius 2 is 2.06 bits per heavy atom. The maximum atomic E-state index is 11.0. The number of rotatable bonds is 7. The van der Waals surface area contributed by atoms with Crippen LogP contribution in [0.1, 0.15) is 47.0 Å². The van der Waals surface area contributed by atoms with Crippen molar-refractivity contribution in [3.8, 4) is 0 Å². The Morgan fingerprint density at radius 1 is 1.38 bits per heavy atom. The van der Waals surface area contributed by atoms with Crippen molar-refractivity contribution in [2.24, 2.45) is 5.92 Å². The highest BCUT2D eigenvalue weighted by Crippen LogP contribution is 2.12. The molecule has 0 saturated heterocycles. The fourth-order valence-electron chi connectivity index (χ4n) is 1.36. The lowest BCUT2D eigenvalue weighted by atomic mass is 10.0. The second-order valence-electron chi connectivity index (χ2n) is 4.35. The van der Waals surface area contributed by atoms with Crippen LogP contribution in [0.5, 0.6) is 0 Å². The lowest BCUT2D eigenvalue weighted by Gasteiger charge is -2.06. The monoisotopic (exact) mass is 224 g/mol. The number of carbonyl (C=O) groups excluding carboxylic acids is 1. The van der Waals surface area contributed by atoms with Crippen LogP contribution in [0.4, 0.5) is 0 Å². The van der Waals surface area contributed by atoms with Crippen LogP contribution in [-0.4, -0.2) is 12.6 Å². The summed E-state index contributed by atoms with van der Waals surface area (Å²) in [4.78, 5) is 11.0. The van der Waals surface area contributed by atoms with Gasteiger partial charge in [-0.25, -0.2) is 4.79 Å². The Morgan fingerprint density at radius 3 is 2.62 bits per heavy atom. The van der Waals surface area contributed by atoms with E-state index in [4.69, 9.17) is 4.74 Å². The van der Waals surface area contributed by atoms with Gasteiger partial charge in [0.1, 0.15) is 0 Å². The van der Waals surface area contributed by atoms with Gasteiger partial charge in [-0.15, -0.1) is 0 Å². The summed E-state index contributed by atoms with van der Waals surface area (Å²) >= 11 is 0. The van der Waals surface area contributed by atoms with Crippen molar-refractivity contribution in [3.05, 3.63) is 23.8 Å². The maximum Gasteiger partial charge on any atom is 0.330 e. The lowest BCUT2D eigenvalue weighted by molar-refractivity contribution is -0.137. The summed E-state index contributed by atoms with van der Waals surface area (Å²) in [7, 11) is 0. The number of ether oxygens (including phenoxy) is 1. The van der Waals surface area contributed by atoms with E-state index in [0.29, 0.717) is 12.5 Å². The van der Waals surface area contributed by atoms with E-state index in [2.05, 4.69) is 26.8 Å². The first kappa shape index (κ1) is 14.9. The van der Waals surface area contributed by atoms with Gasteiger partial charge in [-0.3, -0.25) is 0 Å². The van der Waals surface area contributed by atoms with Crippen LogP contribution in [0.15, 0.2) is 23.8 Å². The molecule has 2 heteroatoms. The molecular weight excluding hydrogens is 200 g/mol. The van der Waals surface area contributed by atoms with Gasteiger partial charge in [-0.1, -0.05) is 24.6 Å². The maximum absolute atomic E-state index is 11.0. The molecule has 2 nitrogen and oxygen atoms in total. The summed E-state index contributed by atoms with van der Waals surface area (Å²) in [6.45, 7) is 8.69. The van der Waals surface area contributed by atoms with Crippen molar-refractivity contribution in [2.45, 2.75) is 47.0 Å². The van der Waals surface area contributed by atoms with Gasteiger partial charge < -0.3 is 4.74 Å². The van der Waals surface area contributed by atoms with Crippen molar-refractivity contribution in [3.63, 3.8) is 0 Å². The van der Waals surface area contributed by atoms with E-state index in [-0.39, 0.29) is 5.97 Å². The molecule has 0 aromatic heterocycles. The van der Waals surface area contributed by atoms with Gasteiger partial charge in [0.05, 0.1) is 6.61 Å². The molecule has 0 amide bonds. The molecule has 0 fully saturated rings. The topological polar surface area (TPSA) is 26.3 Å². The van der Waals surface area contributed by atoms with Crippen LogP contribution < -0.4 is 0 Å². The molecule has 0 saturated carbocycles. The van der Waals surface area contributed by atoms with E-state index in [1.54, 1.807) is 0 Å². The smallest absolute Gasteiger partial charge is 0.330 e. The molecule has 0 aliphatic carbocycles. The molecule has 0 radical (unpaired) electrons. The molecule has 0 N–H and O–H groups in total. The molecule has 1 atom stereocenters. The van der Waals surface area contributed by atoms with E-state index in [1.807, 2.05) is 13.0 Å². The standard InChI is InChI=1S/C14H24O2/c1-5-16-14(15)11-7-10-13(4)9-6-8-12(2)3/h7-8,11,13H,5-6,9-10H2,1-4H3/b11-7+/t13-/m0/s1. The van der Waals surface area contributed by atoms with Gasteiger partial charge in [-0.05, 0) is 46.0 Å². The summed E-state index contributed by atoms with van der Waals surface area (Å²) in [6.07, 6.45) is 8.92. The minimum Gasteiger partial charge on any atom is -0.463 e. The predicted octanol–water partition coefficient (Wildman–Crippen LogP) is 3.88. The largest absolute Gasteiger partial charge is 0.463 e. The first-order valence-electron chi connectivity index (χ1n) is 6.03. The molecule has 0 spiro atoms. The van der Waals surface area contributed by atoms with Crippen molar-refractivity contribution < 1.29 is 9.53 Å². The summed E-state index contributed by atoms with van der Waals surface area (Å²) in [5.74, 6) is 0.375. The number of esters is 1. The van der Waals surface area contributed by atoms with Gasteiger partial charge in [0.25, 0.3) is 0 Å². The zero-order valence-electron chi connectivity index (χ0n) is 11.0. The third kappa shape index (κ3) is 9.50. The van der Waals surface area contributed by atoms with Crippen LogP contribution in [0.25, 0.3) is 0 Å². The summed E-state index contributed by atoms with van der Waals surface area (Å²) in [6, 6.07) is 0. The van der Waals surface area contributed by atoms with Crippen LogP contribution in [0.3, 0.4) is 0 Å². The van der Waals surface area contributed by atoms with Crippen LogP contribution in [0.2, 0.25) is 0 Å². The number of hydrogen-bond acceptors (Lipinski definition) is 2. The van der Waals surface area contributed by atoms with Crippen molar-refractivity contribution in [1.82, 2.24) is 0 Å². The molecule has 0 aromatic carbocycles. The van der Waals surface area contributed by atoms with Gasteiger partial charge in [-0.2, -0.15) is 0 Å². The second-order valence-corrected chi connectivity index (χ2v) is 4.35. The first-order chi connectivity index (χ1) is 7.56. The molecule has 16 heavy (non-hydrogen) atoms. The minimum atomic E-state index is -0.237. The fraction of sp³-hybridized carbons (Fsp3) is 0.643.